The molecule has 1 aromatic carbocycles. The standard InChI is InChI=1S/C18H17ClN4O/c19-15-1-2-17(14(11-15)12-20)22-16-5-9-23(10-6-16)18(24)13-3-7-21-8-4-13/h1-4,7-8,11,16,22H,5-6,9-10H2. The van der Waals surface area contributed by atoms with Crippen LogP contribution in [0.4, 0.5) is 5.69 Å². The molecule has 0 bridgehead atoms. The quantitative estimate of drug-likeness (QED) is 0.930. The zero-order chi connectivity index (χ0) is 16.9. The van der Waals surface area contributed by atoms with Gasteiger partial charge in [-0.25, -0.2) is 0 Å². The lowest BCUT2D eigenvalue weighted by Gasteiger charge is -2.33. The number of anilines is 1. The van der Waals surface area contributed by atoms with Crippen LogP contribution < -0.4 is 5.32 Å². The van der Waals surface area contributed by atoms with Gasteiger partial charge in [0.05, 0.1) is 11.3 Å². The molecule has 1 saturated heterocycles. The van der Waals surface area contributed by atoms with Gasteiger partial charge in [-0.15, -0.1) is 0 Å². The molecule has 122 valence electrons. The normalized spacial score (nSPS) is 14.9. The van der Waals surface area contributed by atoms with Gasteiger partial charge >= 0.3 is 0 Å². The first-order chi connectivity index (χ1) is 11.7. The Bertz CT molecular complexity index is 764. The largest absolute Gasteiger partial charge is 0.381 e. The molecule has 0 saturated carbocycles. The van der Waals surface area contributed by atoms with E-state index in [1.165, 1.54) is 0 Å². The van der Waals surface area contributed by atoms with Crippen LogP contribution in [0.15, 0.2) is 42.7 Å². The number of nitriles is 1. The summed E-state index contributed by atoms with van der Waals surface area (Å²) in [6, 6.07) is 11.1. The predicted octanol–water partition coefficient (Wildman–Crippen LogP) is 3.32. The minimum absolute atomic E-state index is 0.0417. The third kappa shape index (κ3) is 3.66. The highest BCUT2D eigenvalue weighted by molar-refractivity contribution is 6.30. The smallest absolute Gasteiger partial charge is 0.253 e. The van der Waals surface area contributed by atoms with E-state index in [1.807, 2.05) is 11.0 Å². The lowest BCUT2D eigenvalue weighted by molar-refractivity contribution is 0.0718. The molecule has 0 spiro atoms. The Morgan fingerprint density at radius 3 is 2.62 bits per heavy atom. The molecule has 0 atom stereocenters. The number of likely N-dealkylation sites (tertiary alicyclic amines) is 1. The Morgan fingerprint density at radius 1 is 1.25 bits per heavy atom. The third-order valence-electron chi connectivity index (χ3n) is 4.17. The first-order valence-corrected chi connectivity index (χ1v) is 8.20. The summed E-state index contributed by atoms with van der Waals surface area (Å²) in [7, 11) is 0. The van der Waals surface area contributed by atoms with Crippen molar-refractivity contribution in [2.24, 2.45) is 0 Å². The molecule has 24 heavy (non-hydrogen) atoms. The van der Waals surface area contributed by atoms with E-state index < -0.39 is 0 Å². The average molecular weight is 341 g/mol. The van der Waals surface area contributed by atoms with Crippen molar-refractivity contribution in [2.45, 2.75) is 18.9 Å². The lowest BCUT2D eigenvalue weighted by Crippen LogP contribution is -2.42. The topological polar surface area (TPSA) is 69.0 Å². The summed E-state index contributed by atoms with van der Waals surface area (Å²) in [5.74, 6) is 0.0417. The van der Waals surface area contributed by atoms with Crippen molar-refractivity contribution >= 4 is 23.2 Å². The van der Waals surface area contributed by atoms with E-state index in [4.69, 9.17) is 11.6 Å². The van der Waals surface area contributed by atoms with Crippen molar-refractivity contribution in [1.29, 1.82) is 5.26 Å². The molecular formula is C18H17ClN4O. The molecule has 0 radical (unpaired) electrons. The van der Waals surface area contributed by atoms with Crippen molar-refractivity contribution in [1.82, 2.24) is 9.88 Å². The highest BCUT2D eigenvalue weighted by atomic mass is 35.5. The summed E-state index contributed by atoms with van der Waals surface area (Å²) >= 11 is 5.92. The maximum absolute atomic E-state index is 12.4. The number of carbonyl (C=O) groups excluding carboxylic acids is 1. The van der Waals surface area contributed by atoms with Gasteiger partial charge in [-0.3, -0.25) is 9.78 Å². The lowest BCUT2D eigenvalue weighted by atomic mass is 10.0. The van der Waals surface area contributed by atoms with Crippen LogP contribution in [-0.2, 0) is 0 Å². The van der Waals surface area contributed by atoms with E-state index in [2.05, 4.69) is 16.4 Å². The average Bonchev–Trinajstić information content (AvgIpc) is 2.64. The highest BCUT2D eigenvalue weighted by Gasteiger charge is 2.24. The molecule has 6 heteroatoms. The second-order valence-corrected chi connectivity index (χ2v) is 6.18. The van der Waals surface area contributed by atoms with Gasteiger partial charge in [-0.1, -0.05) is 11.6 Å². The van der Waals surface area contributed by atoms with Gasteiger partial charge in [-0.2, -0.15) is 5.26 Å². The molecule has 1 aliphatic heterocycles. The Morgan fingerprint density at radius 2 is 1.96 bits per heavy atom. The number of hydrogen-bond acceptors (Lipinski definition) is 4. The van der Waals surface area contributed by atoms with Crippen LogP contribution in [0.1, 0.15) is 28.8 Å². The van der Waals surface area contributed by atoms with E-state index in [0.717, 1.165) is 18.5 Å². The molecule has 0 unspecified atom stereocenters. The van der Waals surface area contributed by atoms with Crippen molar-refractivity contribution < 1.29 is 4.79 Å². The third-order valence-corrected chi connectivity index (χ3v) is 4.41. The Hall–Kier alpha value is -2.58. The number of amides is 1. The van der Waals surface area contributed by atoms with Gasteiger partial charge in [0.25, 0.3) is 5.91 Å². The Balaban J connectivity index is 1.60. The molecule has 1 aliphatic rings. The summed E-state index contributed by atoms with van der Waals surface area (Å²) in [6.45, 7) is 1.38. The number of carbonyl (C=O) groups is 1. The Labute approximate surface area is 145 Å². The molecule has 1 fully saturated rings. The van der Waals surface area contributed by atoms with Crippen molar-refractivity contribution in [3.8, 4) is 6.07 Å². The van der Waals surface area contributed by atoms with Gasteiger partial charge in [-0.05, 0) is 43.2 Å². The molecule has 0 aliphatic carbocycles. The van der Waals surface area contributed by atoms with Gasteiger partial charge in [0, 0.05) is 42.1 Å². The van der Waals surface area contributed by atoms with Crippen molar-refractivity contribution in [2.75, 3.05) is 18.4 Å². The fourth-order valence-corrected chi connectivity index (χ4v) is 3.03. The molecule has 2 aromatic rings. The van der Waals surface area contributed by atoms with E-state index >= 15 is 0 Å². The zero-order valence-electron chi connectivity index (χ0n) is 13.1. The van der Waals surface area contributed by atoms with Crippen LogP contribution in [0, 0.1) is 11.3 Å². The van der Waals surface area contributed by atoms with Crippen LogP contribution in [0.3, 0.4) is 0 Å². The molecule has 5 nitrogen and oxygen atoms in total. The van der Waals surface area contributed by atoms with E-state index in [1.54, 1.807) is 36.7 Å². The van der Waals surface area contributed by atoms with Crippen LogP contribution in [0.25, 0.3) is 0 Å². The van der Waals surface area contributed by atoms with Gasteiger partial charge in [0.1, 0.15) is 6.07 Å². The summed E-state index contributed by atoms with van der Waals surface area (Å²) < 4.78 is 0. The number of piperidine rings is 1. The van der Waals surface area contributed by atoms with Crippen LogP contribution in [0.2, 0.25) is 5.02 Å². The summed E-state index contributed by atoms with van der Waals surface area (Å²) in [5.41, 5.74) is 2.00. The molecule has 1 aromatic heterocycles. The maximum atomic E-state index is 12.4. The first kappa shape index (κ1) is 16.3. The van der Waals surface area contributed by atoms with Gasteiger partial charge in [0.15, 0.2) is 0 Å². The number of aromatic nitrogens is 1. The number of pyridine rings is 1. The Kier molecular flexibility index (Phi) is 4.97. The molecular weight excluding hydrogens is 324 g/mol. The SMILES string of the molecule is N#Cc1cc(Cl)ccc1NC1CCN(C(=O)c2ccncc2)CC1. The first-order valence-electron chi connectivity index (χ1n) is 7.83. The molecule has 1 amide bonds. The number of nitrogens with one attached hydrogen (secondary N) is 1. The minimum atomic E-state index is 0.0417. The van der Waals surface area contributed by atoms with Crippen LogP contribution >= 0.6 is 11.6 Å². The van der Waals surface area contributed by atoms with Crippen LogP contribution in [-0.4, -0.2) is 34.9 Å². The fraction of sp³-hybridized carbons (Fsp3) is 0.278. The van der Waals surface area contributed by atoms with Crippen LogP contribution in [0.5, 0.6) is 0 Å². The van der Waals surface area contributed by atoms with E-state index in [-0.39, 0.29) is 11.9 Å². The number of halogens is 1. The van der Waals surface area contributed by atoms with E-state index in [9.17, 15) is 10.1 Å². The number of nitrogens with zero attached hydrogens (tertiary/aromatic N) is 3. The predicted molar refractivity (Wildman–Crippen MR) is 93.0 cm³/mol. The number of rotatable bonds is 3. The zero-order valence-corrected chi connectivity index (χ0v) is 13.8. The maximum Gasteiger partial charge on any atom is 0.253 e. The second-order valence-electron chi connectivity index (χ2n) is 5.75. The fourth-order valence-electron chi connectivity index (χ4n) is 2.86. The molecule has 1 N–H and O–H groups in total. The van der Waals surface area contributed by atoms with Gasteiger partial charge in [0.2, 0.25) is 0 Å². The highest BCUT2D eigenvalue weighted by Crippen LogP contribution is 2.23. The second kappa shape index (κ2) is 7.33. The summed E-state index contributed by atoms with van der Waals surface area (Å²) in [4.78, 5) is 18.2. The number of hydrogen-bond donors (Lipinski definition) is 1. The van der Waals surface area contributed by atoms with Gasteiger partial charge < -0.3 is 10.2 Å². The van der Waals surface area contributed by atoms with Crippen molar-refractivity contribution in [3.05, 3.63) is 58.9 Å². The minimum Gasteiger partial charge on any atom is -0.381 e. The monoisotopic (exact) mass is 340 g/mol. The molecule has 2 heterocycles. The van der Waals surface area contributed by atoms with E-state index in [0.29, 0.717) is 29.2 Å². The summed E-state index contributed by atoms with van der Waals surface area (Å²) in [5, 5.41) is 13.2. The summed E-state index contributed by atoms with van der Waals surface area (Å²) in [6.07, 6.45) is 4.94. The number of benzene rings is 1. The van der Waals surface area contributed by atoms with Crippen molar-refractivity contribution in [3.63, 3.8) is 0 Å². The molecule has 3 rings (SSSR count).